The van der Waals surface area contributed by atoms with E-state index in [2.05, 4.69) is 10.6 Å². The van der Waals surface area contributed by atoms with Gasteiger partial charge >= 0.3 is 0 Å². The van der Waals surface area contributed by atoms with Gasteiger partial charge in [0.2, 0.25) is 5.91 Å². The molecule has 0 radical (unpaired) electrons. The molecule has 4 rings (SSSR count). The number of likely N-dealkylation sites (N-methyl/N-ethyl adjacent to an activating group) is 1. The average molecular weight is 520 g/mol. The summed E-state index contributed by atoms with van der Waals surface area (Å²) in [6.45, 7) is 4.18. The summed E-state index contributed by atoms with van der Waals surface area (Å²) in [6.07, 6.45) is -0.653. The van der Waals surface area contributed by atoms with Crippen LogP contribution >= 0.6 is 0 Å². The number of primary amides is 1. The second kappa shape index (κ2) is 11.3. The van der Waals surface area contributed by atoms with E-state index in [1.165, 1.54) is 12.1 Å². The SMILES string of the molecule is CNC(=O)C1c2cc(-c3cc(C(=O)NCC(C)C)ccc3OCC(N)=O)ccc2OC1c1ccc(F)cc1. The molecule has 3 aromatic carbocycles. The highest BCUT2D eigenvalue weighted by molar-refractivity contribution is 5.96. The lowest BCUT2D eigenvalue weighted by Gasteiger charge is -2.18. The molecular weight excluding hydrogens is 489 g/mol. The molecule has 0 spiro atoms. The summed E-state index contributed by atoms with van der Waals surface area (Å²) in [4.78, 5) is 37.2. The molecule has 2 unspecified atom stereocenters. The second-order valence-electron chi connectivity index (χ2n) is 9.50. The largest absolute Gasteiger partial charge is 0.484 e. The number of halogens is 1. The Morgan fingerprint density at radius 1 is 1.05 bits per heavy atom. The van der Waals surface area contributed by atoms with E-state index in [1.54, 1.807) is 55.6 Å². The van der Waals surface area contributed by atoms with Crippen LogP contribution in [0.5, 0.6) is 11.5 Å². The number of hydrogen-bond donors (Lipinski definition) is 3. The van der Waals surface area contributed by atoms with Crippen LogP contribution in [-0.2, 0) is 9.59 Å². The first-order chi connectivity index (χ1) is 18.2. The molecule has 3 amide bonds. The van der Waals surface area contributed by atoms with Crippen LogP contribution in [0.4, 0.5) is 4.39 Å². The number of benzene rings is 3. The Labute approximate surface area is 220 Å². The maximum Gasteiger partial charge on any atom is 0.255 e. The highest BCUT2D eigenvalue weighted by atomic mass is 19.1. The molecule has 198 valence electrons. The molecule has 0 saturated heterocycles. The minimum atomic E-state index is -0.701. The molecule has 0 bridgehead atoms. The van der Waals surface area contributed by atoms with E-state index in [0.29, 0.717) is 45.9 Å². The Balaban J connectivity index is 1.76. The maximum atomic E-state index is 13.5. The molecule has 0 saturated carbocycles. The van der Waals surface area contributed by atoms with Gasteiger partial charge < -0.3 is 25.8 Å². The van der Waals surface area contributed by atoms with Crippen LogP contribution in [0.3, 0.4) is 0 Å². The van der Waals surface area contributed by atoms with E-state index in [1.807, 2.05) is 13.8 Å². The minimum Gasteiger partial charge on any atom is -0.484 e. The van der Waals surface area contributed by atoms with Crippen LogP contribution in [0.25, 0.3) is 11.1 Å². The van der Waals surface area contributed by atoms with Crippen molar-refractivity contribution in [3.05, 3.63) is 83.2 Å². The van der Waals surface area contributed by atoms with Gasteiger partial charge in [0.1, 0.15) is 29.3 Å². The fourth-order valence-corrected chi connectivity index (χ4v) is 4.35. The zero-order chi connectivity index (χ0) is 27.4. The Morgan fingerprint density at radius 2 is 1.79 bits per heavy atom. The van der Waals surface area contributed by atoms with Crippen molar-refractivity contribution in [2.75, 3.05) is 20.2 Å². The maximum absolute atomic E-state index is 13.5. The molecular formula is C29H30FN3O5. The van der Waals surface area contributed by atoms with Crippen LogP contribution < -0.4 is 25.8 Å². The molecule has 1 aliphatic rings. The Hall–Kier alpha value is -4.40. The van der Waals surface area contributed by atoms with Crippen molar-refractivity contribution < 1.29 is 28.2 Å². The summed E-state index contributed by atoms with van der Waals surface area (Å²) in [5.74, 6) is -1.08. The third-order valence-corrected chi connectivity index (χ3v) is 6.22. The first-order valence-corrected chi connectivity index (χ1v) is 12.3. The van der Waals surface area contributed by atoms with Crippen molar-refractivity contribution in [3.63, 3.8) is 0 Å². The lowest BCUT2D eigenvalue weighted by molar-refractivity contribution is -0.123. The fraction of sp³-hybridized carbons (Fsp3) is 0.276. The third-order valence-electron chi connectivity index (χ3n) is 6.22. The van der Waals surface area contributed by atoms with Gasteiger partial charge in [-0.3, -0.25) is 14.4 Å². The summed E-state index contributed by atoms with van der Waals surface area (Å²) in [6, 6.07) is 16.1. The summed E-state index contributed by atoms with van der Waals surface area (Å²) in [7, 11) is 1.54. The molecule has 0 fully saturated rings. The molecule has 9 heteroatoms. The van der Waals surface area contributed by atoms with Gasteiger partial charge in [-0.15, -0.1) is 0 Å². The van der Waals surface area contributed by atoms with Crippen molar-refractivity contribution in [3.8, 4) is 22.6 Å². The minimum absolute atomic E-state index is 0.245. The molecule has 38 heavy (non-hydrogen) atoms. The van der Waals surface area contributed by atoms with Crippen molar-refractivity contribution in [1.29, 1.82) is 0 Å². The van der Waals surface area contributed by atoms with Crippen molar-refractivity contribution >= 4 is 17.7 Å². The van der Waals surface area contributed by atoms with Crippen LogP contribution in [-0.4, -0.2) is 37.9 Å². The van der Waals surface area contributed by atoms with E-state index >= 15 is 0 Å². The Morgan fingerprint density at radius 3 is 2.45 bits per heavy atom. The molecule has 0 aliphatic carbocycles. The van der Waals surface area contributed by atoms with E-state index in [9.17, 15) is 18.8 Å². The topological polar surface area (TPSA) is 120 Å². The van der Waals surface area contributed by atoms with E-state index < -0.39 is 17.9 Å². The summed E-state index contributed by atoms with van der Waals surface area (Å²) < 4.78 is 25.3. The van der Waals surface area contributed by atoms with E-state index in [0.717, 1.165) is 0 Å². The first kappa shape index (κ1) is 26.7. The van der Waals surface area contributed by atoms with E-state index in [-0.39, 0.29) is 30.2 Å². The third kappa shape index (κ3) is 5.77. The van der Waals surface area contributed by atoms with Crippen LogP contribution in [0, 0.1) is 11.7 Å². The van der Waals surface area contributed by atoms with Crippen molar-refractivity contribution in [1.82, 2.24) is 10.6 Å². The van der Waals surface area contributed by atoms with Gasteiger partial charge in [-0.05, 0) is 59.5 Å². The van der Waals surface area contributed by atoms with Gasteiger partial charge in [-0.25, -0.2) is 4.39 Å². The van der Waals surface area contributed by atoms with E-state index in [4.69, 9.17) is 15.2 Å². The summed E-state index contributed by atoms with van der Waals surface area (Å²) in [5.41, 5.74) is 8.19. The van der Waals surface area contributed by atoms with Gasteiger partial charge in [-0.2, -0.15) is 0 Å². The van der Waals surface area contributed by atoms with Crippen LogP contribution in [0.15, 0.2) is 60.7 Å². The number of carbonyl (C=O) groups is 3. The Bertz CT molecular complexity index is 1360. The fourth-order valence-electron chi connectivity index (χ4n) is 4.35. The van der Waals surface area contributed by atoms with Crippen molar-refractivity contribution in [2.45, 2.75) is 25.9 Å². The molecule has 1 heterocycles. The smallest absolute Gasteiger partial charge is 0.255 e. The second-order valence-corrected chi connectivity index (χ2v) is 9.50. The number of hydrogen-bond acceptors (Lipinski definition) is 5. The summed E-state index contributed by atoms with van der Waals surface area (Å²) >= 11 is 0. The normalized spacial score (nSPS) is 15.9. The zero-order valence-electron chi connectivity index (χ0n) is 21.4. The highest BCUT2D eigenvalue weighted by Crippen LogP contribution is 2.48. The lowest BCUT2D eigenvalue weighted by Crippen LogP contribution is -2.28. The number of fused-ring (bicyclic) bond motifs is 1. The number of nitrogens with one attached hydrogen (secondary N) is 2. The predicted octanol–water partition coefficient (Wildman–Crippen LogP) is 3.71. The summed E-state index contributed by atoms with van der Waals surface area (Å²) in [5, 5.41) is 5.58. The van der Waals surface area contributed by atoms with Gasteiger partial charge in [0.05, 0.1) is 0 Å². The number of amides is 3. The number of ether oxygens (including phenoxy) is 2. The molecule has 2 atom stereocenters. The predicted molar refractivity (Wildman–Crippen MR) is 140 cm³/mol. The molecule has 1 aliphatic heterocycles. The molecule has 4 N–H and O–H groups in total. The lowest BCUT2D eigenvalue weighted by atomic mass is 9.88. The molecule has 0 aromatic heterocycles. The number of carbonyl (C=O) groups excluding carboxylic acids is 3. The standard InChI is InChI=1S/C29H30FN3O5/c1-16(2)14-33-28(35)19-7-10-23(37-15-25(31)34)21(13-19)18-6-11-24-22(12-18)26(29(36)32-3)27(38-24)17-4-8-20(30)9-5-17/h4-13,16,26-27H,14-15H2,1-3H3,(H2,31,34)(H,32,36)(H,33,35). The first-order valence-electron chi connectivity index (χ1n) is 12.3. The molecule has 8 nitrogen and oxygen atoms in total. The van der Waals surface area contributed by atoms with Gasteiger partial charge in [-0.1, -0.05) is 32.0 Å². The van der Waals surface area contributed by atoms with Crippen LogP contribution in [0.1, 0.15) is 47.4 Å². The number of nitrogens with two attached hydrogens (primary N) is 1. The average Bonchev–Trinajstić information content (AvgIpc) is 3.29. The number of rotatable bonds is 9. The highest BCUT2D eigenvalue weighted by Gasteiger charge is 2.40. The van der Waals surface area contributed by atoms with Crippen LogP contribution in [0.2, 0.25) is 0 Å². The van der Waals surface area contributed by atoms with Crippen molar-refractivity contribution in [2.24, 2.45) is 11.7 Å². The van der Waals surface area contributed by atoms with Gasteiger partial charge in [0.15, 0.2) is 6.61 Å². The van der Waals surface area contributed by atoms with Gasteiger partial charge in [0, 0.05) is 30.3 Å². The monoisotopic (exact) mass is 519 g/mol. The van der Waals surface area contributed by atoms with Gasteiger partial charge in [0.25, 0.3) is 11.8 Å². The molecule has 3 aromatic rings. The zero-order valence-corrected chi connectivity index (χ0v) is 21.4. The Kier molecular flexibility index (Phi) is 7.95. The quantitative estimate of drug-likeness (QED) is 0.398.